The predicted molar refractivity (Wildman–Crippen MR) is 132 cm³/mol. The standard InChI is InChI=1S/C26H28F3N7O2/c1-16(36-6-8-37-9-7-36)22-24-19(11-20(31-22)26(27,28)29)23(33-34-24)17-4-3-5-18(10-17)25(13-38-14-25)12-21-32-30-15-35(21)2/h3-5,10-11,15-16H,6-9,12-14H2,1-2H3,(H,33,34)/t16-/m0/s1. The Hall–Kier alpha value is -3.35. The highest BCUT2D eigenvalue weighted by Crippen LogP contribution is 2.40. The largest absolute Gasteiger partial charge is 0.433 e. The number of nitrogens with one attached hydrogen (secondary N) is 1. The molecule has 4 aromatic rings. The zero-order valence-corrected chi connectivity index (χ0v) is 21.1. The maximum Gasteiger partial charge on any atom is 0.433 e. The molecule has 38 heavy (non-hydrogen) atoms. The second-order valence-electron chi connectivity index (χ2n) is 10.1. The smallest absolute Gasteiger partial charge is 0.379 e. The predicted octanol–water partition coefficient (Wildman–Crippen LogP) is 3.68. The van der Waals surface area contributed by atoms with Crippen LogP contribution in [0.1, 0.15) is 35.7 Å². The number of hydrogen-bond donors (Lipinski definition) is 1. The van der Waals surface area contributed by atoms with Gasteiger partial charge in [0.1, 0.15) is 23.5 Å². The molecule has 0 unspecified atom stereocenters. The van der Waals surface area contributed by atoms with Gasteiger partial charge in [0, 0.05) is 42.9 Å². The van der Waals surface area contributed by atoms with Crippen LogP contribution in [0.3, 0.4) is 0 Å². The Morgan fingerprint density at radius 1 is 1.13 bits per heavy atom. The molecule has 0 saturated carbocycles. The molecule has 0 amide bonds. The summed E-state index contributed by atoms with van der Waals surface area (Å²) in [5.41, 5.74) is 1.83. The van der Waals surface area contributed by atoms with Crippen molar-refractivity contribution in [2.75, 3.05) is 39.5 Å². The van der Waals surface area contributed by atoms with Crippen molar-refractivity contribution in [1.82, 2.24) is 34.8 Å². The average Bonchev–Trinajstić information content (AvgIpc) is 3.51. The number of ether oxygens (including phenoxy) is 2. The molecule has 1 aromatic carbocycles. The highest BCUT2D eigenvalue weighted by atomic mass is 19.4. The lowest BCUT2D eigenvalue weighted by atomic mass is 9.75. The van der Waals surface area contributed by atoms with Crippen molar-refractivity contribution in [2.24, 2.45) is 7.05 Å². The number of benzene rings is 1. The van der Waals surface area contributed by atoms with Crippen LogP contribution in [0.25, 0.3) is 22.2 Å². The van der Waals surface area contributed by atoms with Gasteiger partial charge in [-0.25, -0.2) is 4.98 Å². The summed E-state index contributed by atoms with van der Waals surface area (Å²) in [7, 11) is 1.90. The van der Waals surface area contributed by atoms with Gasteiger partial charge < -0.3 is 14.0 Å². The quantitative estimate of drug-likeness (QED) is 0.409. The third-order valence-corrected chi connectivity index (χ3v) is 7.67. The summed E-state index contributed by atoms with van der Waals surface area (Å²) in [6, 6.07) is 8.54. The molecule has 2 fully saturated rings. The van der Waals surface area contributed by atoms with E-state index in [2.05, 4.69) is 30.3 Å². The summed E-state index contributed by atoms with van der Waals surface area (Å²) >= 11 is 0. The number of aromatic amines is 1. The van der Waals surface area contributed by atoms with Crippen LogP contribution >= 0.6 is 0 Å². The zero-order chi connectivity index (χ0) is 26.5. The molecule has 0 radical (unpaired) electrons. The number of hydrogen-bond acceptors (Lipinski definition) is 7. The molecule has 200 valence electrons. The number of aryl methyl sites for hydroxylation is 1. The number of morpholine rings is 1. The topological polar surface area (TPSA) is 94.0 Å². The van der Waals surface area contributed by atoms with Gasteiger partial charge in [-0.15, -0.1) is 10.2 Å². The van der Waals surface area contributed by atoms with Crippen LogP contribution in [-0.4, -0.2) is 74.4 Å². The van der Waals surface area contributed by atoms with Gasteiger partial charge in [-0.1, -0.05) is 18.2 Å². The number of nitrogens with zero attached hydrogens (tertiary/aromatic N) is 6. The fourth-order valence-electron chi connectivity index (χ4n) is 5.33. The lowest BCUT2D eigenvalue weighted by molar-refractivity contribution is -0.141. The Morgan fingerprint density at radius 3 is 2.58 bits per heavy atom. The lowest BCUT2D eigenvalue weighted by Crippen LogP contribution is -2.49. The van der Waals surface area contributed by atoms with Gasteiger partial charge in [-0.3, -0.25) is 10.00 Å². The van der Waals surface area contributed by atoms with E-state index >= 15 is 0 Å². The molecule has 0 bridgehead atoms. The summed E-state index contributed by atoms with van der Waals surface area (Å²) in [6.07, 6.45) is -2.29. The highest BCUT2D eigenvalue weighted by Gasteiger charge is 2.42. The van der Waals surface area contributed by atoms with Crippen molar-refractivity contribution >= 4 is 10.9 Å². The van der Waals surface area contributed by atoms with Crippen LogP contribution in [0, 0.1) is 0 Å². The minimum Gasteiger partial charge on any atom is -0.379 e. The van der Waals surface area contributed by atoms with Gasteiger partial charge in [-0.05, 0) is 24.6 Å². The van der Waals surface area contributed by atoms with E-state index in [0.717, 1.165) is 23.0 Å². The summed E-state index contributed by atoms with van der Waals surface area (Å²) in [5.74, 6) is 0.839. The van der Waals surface area contributed by atoms with E-state index in [1.54, 1.807) is 6.33 Å². The number of aromatic nitrogens is 6. The molecule has 3 aromatic heterocycles. The van der Waals surface area contributed by atoms with Gasteiger partial charge in [0.2, 0.25) is 0 Å². The summed E-state index contributed by atoms with van der Waals surface area (Å²) in [6.45, 7) is 5.24. The van der Waals surface area contributed by atoms with Crippen molar-refractivity contribution in [3.8, 4) is 11.3 Å². The number of pyridine rings is 1. The van der Waals surface area contributed by atoms with Crippen molar-refractivity contribution < 1.29 is 22.6 Å². The molecule has 2 aliphatic rings. The number of alkyl halides is 3. The summed E-state index contributed by atoms with van der Waals surface area (Å²) in [4.78, 5) is 6.16. The Balaban J connectivity index is 1.43. The number of H-pyrrole nitrogens is 1. The van der Waals surface area contributed by atoms with Gasteiger partial charge in [-0.2, -0.15) is 18.3 Å². The van der Waals surface area contributed by atoms with Crippen molar-refractivity contribution in [1.29, 1.82) is 0 Å². The Bertz CT molecular complexity index is 1450. The molecule has 0 aliphatic carbocycles. The number of halogens is 3. The van der Waals surface area contributed by atoms with E-state index < -0.39 is 11.9 Å². The SMILES string of the molecule is C[C@@H](c1nc(C(F)(F)F)cc2c(-c3cccc(C4(Cc5nncn5C)COC4)c3)n[nH]c12)N1CCOCC1. The Labute approximate surface area is 217 Å². The van der Waals surface area contributed by atoms with Gasteiger partial charge in [0.25, 0.3) is 0 Å². The minimum atomic E-state index is -4.59. The van der Waals surface area contributed by atoms with Crippen LogP contribution in [0.2, 0.25) is 0 Å². The molecule has 2 aliphatic heterocycles. The van der Waals surface area contributed by atoms with Crippen LogP contribution < -0.4 is 0 Å². The maximum atomic E-state index is 14.0. The van der Waals surface area contributed by atoms with Crippen LogP contribution in [0.5, 0.6) is 0 Å². The van der Waals surface area contributed by atoms with Crippen molar-refractivity contribution in [2.45, 2.75) is 31.0 Å². The first-order valence-corrected chi connectivity index (χ1v) is 12.5. The number of fused-ring (bicyclic) bond motifs is 1. The van der Waals surface area contributed by atoms with Crippen molar-refractivity contribution in [3.63, 3.8) is 0 Å². The molecule has 1 N–H and O–H groups in total. The van der Waals surface area contributed by atoms with Crippen molar-refractivity contribution in [3.05, 3.63) is 59.4 Å². The first kappa shape index (κ1) is 25.0. The van der Waals surface area contributed by atoms with Gasteiger partial charge in [0.15, 0.2) is 0 Å². The minimum absolute atomic E-state index is 0.294. The number of rotatable bonds is 6. The van der Waals surface area contributed by atoms with Gasteiger partial charge >= 0.3 is 6.18 Å². The molecule has 9 nitrogen and oxygen atoms in total. The first-order chi connectivity index (χ1) is 18.2. The second-order valence-corrected chi connectivity index (χ2v) is 10.1. The van der Waals surface area contributed by atoms with E-state index in [1.165, 1.54) is 0 Å². The zero-order valence-electron chi connectivity index (χ0n) is 21.1. The Morgan fingerprint density at radius 2 is 1.92 bits per heavy atom. The second kappa shape index (κ2) is 9.44. The molecular weight excluding hydrogens is 499 g/mol. The molecule has 5 heterocycles. The fraction of sp³-hybridized carbons (Fsp3) is 0.462. The molecule has 2 saturated heterocycles. The van der Waals surface area contributed by atoms with E-state index in [0.29, 0.717) is 68.2 Å². The maximum absolute atomic E-state index is 14.0. The fourth-order valence-corrected chi connectivity index (χ4v) is 5.33. The normalized spacial score (nSPS) is 19.0. The van der Waals surface area contributed by atoms with Crippen LogP contribution in [-0.2, 0) is 34.5 Å². The highest BCUT2D eigenvalue weighted by molar-refractivity contribution is 5.94. The summed E-state index contributed by atoms with van der Waals surface area (Å²) < 4.78 is 54.8. The molecule has 0 spiro atoms. The molecule has 1 atom stereocenters. The van der Waals surface area contributed by atoms with Crippen LogP contribution in [0.4, 0.5) is 13.2 Å². The van der Waals surface area contributed by atoms with Gasteiger partial charge in [0.05, 0.1) is 43.7 Å². The third kappa shape index (κ3) is 4.36. The van der Waals surface area contributed by atoms with Crippen LogP contribution in [0.15, 0.2) is 36.7 Å². The van der Waals surface area contributed by atoms with E-state index in [1.807, 2.05) is 42.8 Å². The van der Waals surface area contributed by atoms with E-state index in [-0.39, 0.29) is 11.5 Å². The van der Waals surface area contributed by atoms with E-state index in [4.69, 9.17) is 9.47 Å². The van der Waals surface area contributed by atoms with E-state index in [9.17, 15) is 13.2 Å². The summed E-state index contributed by atoms with van der Waals surface area (Å²) in [5, 5.41) is 16.1. The monoisotopic (exact) mass is 527 g/mol. The third-order valence-electron chi connectivity index (χ3n) is 7.67. The molecule has 6 rings (SSSR count). The molecule has 12 heteroatoms. The Kier molecular flexibility index (Phi) is 6.20. The average molecular weight is 528 g/mol. The first-order valence-electron chi connectivity index (χ1n) is 12.5. The lowest BCUT2D eigenvalue weighted by Gasteiger charge is -2.41. The molecular formula is C26H28F3N7O2.